The quantitative estimate of drug-likeness (QED) is 0.572. The molecule has 0 radical (unpaired) electrons. The van der Waals surface area contributed by atoms with Crippen LogP contribution in [-0.4, -0.2) is 13.1 Å². The molecule has 0 saturated carbocycles. The molecule has 20 heavy (non-hydrogen) atoms. The molecular formula is C17H15NO2. The molecule has 0 bridgehead atoms. The highest BCUT2D eigenvalue weighted by Crippen LogP contribution is 2.32. The van der Waals surface area contributed by atoms with E-state index in [9.17, 15) is 4.79 Å². The number of methoxy groups -OCH3 is 1. The van der Waals surface area contributed by atoms with E-state index in [0.29, 0.717) is 0 Å². The summed E-state index contributed by atoms with van der Waals surface area (Å²) in [4.78, 5) is 11.9. The lowest BCUT2D eigenvalue weighted by Gasteiger charge is -2.16. The standard InChI is InChI=1S/C17H15NO2/c1-20-17(19)16(18)15-13-8-4-2-6-11(13)10-12-7-3-5-9-14(12)15/h2-10,16H,18H2,1H3/t16-/m1/s1. The maximum Gasteiger partial charge on any atom is 0.327 e. The maximum absolute atomic E-state index is 11.9. The van der Waals surface area contributed by atoms with Gasteiger partial charge in [-0.3, -0.25) is 4.79 Å². The van der Waals surface area contributed by atoms with Crippen LogP contribution in [0.15, 0.2) is 54.6 Å². The Morgan fingerprint density at radius 1 is 1.00 bits per heavy atom. The van der Waals surface area contributed by atoms with Gasteiger partial charge < -0.3 is 10.5 Å². The van der Waals surface area contributed by atoms with Gasteiger partial charge in [0.25, 0.3) is 0 Å². The number of carbonyl (C=O) groups is 1. The Morgan fingerprint density at radius 2 is 1.50 bits per heavy atom. The molecule has 3 aromatic rings. The van der Waals surface area contributed by atoms with E-state index in [0.717, 1.165) is 27.1 Å². The third-order valence-electron chi connectivity index (χ3n) is 3.58. The minimum absolute atomic E-state index is 0.425. The molecule has 3 heteroatoms. The van der Waals surface area contributed by atoms with Crippen LogP contribution in [0.1, 0.15) is 11.6 Å². The molecule has 1 atom stereocenters. The largest absolute Gasteiger partial charge is 0.468 e. The fourth-order valence-electron chi connectivity index (χ4n) is 2.63. The van der Waals surface area contributed by atoms with E-state index in [1.807, 2.05) is 48.5 Å². The summed E-state index contributed by atoms with van der Waals surface area (Å²) in [5.74, 6) is -0.425. The van der Waals surface area contributed by atoms with Gasteiger partial charge in [0.05, 0.1) is 7.11 Å². The van der Waals surface area contributed by atoms with Crippen molar-refractivity contribution in [2.24, 2.45) is 5.73 Å². The van der Waals surface area contributed by atoms with Gasteiger partial charge in [-0.15, -0.1) is 0 Å². The minimum Gasteiger partial charge on any atom is -0.468 e. The first-order chi connectivity index (χ1) is 9.72. The first-order valence-corrected chi connectivity index (χ1v) is 6.46. The molecule has 0 aliphatic carbocycles. The average molecular weight is 265 g/mol. The van der Waals surface area contributed by atoms with Gasteiger partial charge in [0.15, 0.2) is 0 Å². The topological polar surface area (TPSA) is 52.3 Å². The Kier molecular flexibility index (Phi) is 3.12. The van der Waals surface area contributed by atoms with Crippen molar-refractivity contribution < 1.29 is 9.53 Å². The number of rotatable bonds is 2. The number of hydrogen-bond acceptors (Lipinski definition) is 3. The summed E-state index contributed by atoms with van der Waals surface area (Å²) in [6, 6.07) is 17.2. The van der Waals surface area contributed by atoms with Crippen LogP contribution in [-0.2, 0) is 9.53 Å². The molecule has 0 aliphatic heterocycles. The van der Waals surface area contributed by atoms with Crippen LogP contribution >= 0.6 is 0 Å². The van der Waals surface area contributed by atoms with Crippen molar-refractivity contribution in [2.45, 2.75) is 6.04 Å². The zero-order valence-corrected chi connectivity index (χ0v) is 11.2. The Balaban J connectivity index is 2.42. The molecular weight excluding hydrogens is 250 g/mol. The van der Waals surface area contributed by atoms with E-state index in [1.54, 1.807) is 0 Å². The van der Waals surface area contributed by atoms with Crippen LogP contribution in [0.5, 0.6) is 0 Å². The number of carbonyl (C=O) groups excluding carboxylic acids is 1. The molecule has 3 nitrogen and oxygen atoms in total. The van der Waals surface area contributed by atoms with E-state index in [2.05, 4.69) is 6.07 Å². The summed E-state index contributed by atoms with van der Waals surface area (Å²) in [7, 11) is 1.36. The number of ether oxygens (including phenoxy) is 1. The van der Waals surface area contributed by atoms with E-state index in [1.165, 1.54) is 7.11 Å². The van der Waals surface area contributed by atoms with Crippen LogP contribution in [0.3, 0.4) is 0 Å². The van der Waals surface area contributed by atoms with Gasteiger partial charge in [-0.05, 0) is 33.2 Å². The second-order valence-electron chi connectivity index (χ2n) is 4.73. The molecule has 0 unspecified atom stereocenters. The van der Waals surface area contributed by atoms with Crippen LogP contribution in [0.2, 0.25) is 0 Å². The lowest BCUT2D eigenvalue weighted by molar-refractivity contribution is -0.142. The first-order valence-electron chi connectivity index (χ1n) is 6.46. The fraction of sp³-hybridized carbons (Fsp3) is 0.118. The summed E-state index contributed by atoms with van der Waals surface area (Å²) >= 11 is 0. The highest BCUT2D eigenvalue weighted by atomic mass is 16.5. The molecule has 3 aromatic carbocycles. The van der Waals surface area contributed by atoms with Crippen molar-refractivity contribution in [1.82, 2.24) is 0 Å². The van der Waals surface area contributed by atoms with Gasteiger partial charge in [-0.2, -0.15) is 0 Å². The highest BCUT2D eigenvalue weighted by molar-refractivity contribution is 6.05. The van der Waals surface area contributed by atoms with Crippen molar-refractivity contribution >= 4 is 27.5 Å². The molecule has 0 amide bonds. The predicted octanol–water partition coefficient (Wildman–Crippen LogP) is 3.17. The van der Waals surface area contributed by atoms with Crippen molar-refractivity contribution in [3.63, 3.8) is 0 Å². The molecule has 2 N–H and O–H groups in total. The molecule has 0 aromatic heterocycles. The molecule has 0 aliphatic rings. The average Bonchev–Trinajstić information content (AvgIpc) is 2.51. The van der Waals surface area contributed by atoms with Gasteiger partial charge >= 0.3 is 5.97 Å². The first kappa shape index (κ1) is 12.6. The molecule has 0 fully saturated rings. The van der Waals surface area contributed by atoms with Gasteiger partial charge in [0.1, 0.15) is 6.04 Å². The monoisotopic (exact) mass is 265 g/mol. The molecule has 3 rings (SSSR count). The van der Waals surface area contributed by atoms with Crippen molar-refractivity contribution in [2.75, 3.05) is 7.11 Å². The molecule has 0 heterocycles. The zero-order chi connectivity index (χ0) is 14.1. The van der Waals surface area contributed by atoms with Crippen LogP contribution in [0.25, 0.3) is 21.5 Å². The zero-order valence-electron chi connectivity index (χ0n) is 11.2. The van der Waals surface area contributed by atoms with Crippen LogP contribution < -0.4 is 5.73 Å². The lowest BCUT2D eigenvalue weighted by atomic mass is 9.92. The second kappa shape index (κ2) is 4.94. The number of esters is 1. The molecule has 0 spiro atoms. The third-order valence-corrected chi connectivity index (χ3v) is 3.58. The van der Waals surface area contributed by atoms with E-state index in [4.69, 9.17) is 10.5 Å². The Bertz CT molecular complexity index is 741. The Labute approximate surface area is 117 Å². The van der Waals surface area contributed by atoms with Crippen LogP contribution in [0.4, 0.5) is 0 Å². The second-order valence-corrected chi connectivity index (χ2v) is 4.73. The summed E-state index contributed by atoms with van der Waals surface area (Å²) in [5.41, 5.74) is 6.93. The smallest absolute Gasteiger partial charge is 0.327 e. The molecule has 100 valence electrons. The summed E-state index contributed by atoms with van der Waals surface area (Å²) in [6.07, 6.45) is 0. The van der Waals surface area contributed by atoms with Gasteiger partial charge in [0.2, 0.25) is 0 Å². The van der Waals surface area contributed by atoms with Crippen molar-refractivity contribution in [3.8, 4) is 0 Å². The maximum atomic E-state index is 11.9. The van der Waals surface area contributed by atoms with E-state index >= 15 is 0 Å². The fourth-order valence-corrected chi connectivity index (χ4v) is 2.63. The third kappa shape index (κ3) is 1.92. The van der Waals surface area contributed by atoms with E-state index < -0.39 is 12.0 Å². The molecule has 0 saturated heterocycles. The van der Waals surface area contributed by atoms with Crippen LogP contribution in [0, 0.1) is 0 Å². The van der Waals surface area contributed by atoms with Gasteiger partial charge in [0, 0.05) is 0 Å². The number of hydrogen-bond donors (Lipinski definition) is 1. The SMILES string of the molecule is COC(=O)[C@H](N)c1c2ccccc2cc2ccccc12. The normalized spacial score (nSPS) is 12.5. The van der Waals surface area contributed by atoms with Gasteiger partial charge in [-0.25, -0.2) is 0 Å². The lowest BCUT2D eigenvalue weighted by Crippen LogP contribution is -2.23. The predicted molar refractivity (Wildman–Crippen MR) is 80.4 cm³/mol. The Hall–Kier alpha value is -2.39. The minimum atomic E-state index is -0.781. The van der Waals surface area contributed by atoms with Crippen molar-refractivity contribution in [1.29, 1.82) is 0 Å². The summed E-state index contributed by atoms with van der Waals surface area (Å²) < 4.78 is 4.80. The van der Waals surface area contributed by atoms with Crippen molar-refractivity contribution in [3.05, 3.63) is 60.2 Å². The summed E-state index contributed by atoms with van der Waals surface area (Å²) in [6.45, 7) is 0. The number of nitrogens with two attached hydrogens (primary N) is 1. The highest BCUT2D eigenvalue weighted by Gasteiger charge is 2.21. The van der Waals surface area contributed by atoms with E-state index in [-0.39, 0.29) is 0 Å². The summed E-state index contributed by atoms with van der Waals surface area (Å²) in [5, 5.41) is 4.12. The number of fused-ring (bicyclic) bond motifs is 2. The van der Waals surface area contributed by atoms with Gasteiger partial charge in [-0.1, -0.05) is 48.5 Å². The number of benzene rings is 3. The Morgan fingerprint density at radius 3 is 2.00 bits per heavy atom.